The van der Waals surface area contributed by atoms with E-state index in [1.165, 1.54) is 0 Å². The lowest BCUT2D eigenvalue weighted by atomic mass is 9.81. The van der Waals surface area contributed by atoms with Crippen molar-refractivity contribution in [2.24, 2.45) is 11.8 Å². The zero-order valence-corrected chi connectivity index (χ0v) is 15.2. The molecule has 3 fully saturated rings. The van der Waals surface area contributed by atoms with Crippen LogP contribution in [0, 0.1) is 11.8 Å². The number of ether oxygens (including phenoxy) is 1. The third kappa shape index (κ3) is 4.64. The highest BCUT2D eigenvalue weighted by molar-refractivity contribution is 6.07. The fourth-order valence-corrected chi connectivity index (χ4v) is 4.16. The molecule has 0 aromatic heterocycles. The maximum absolute atomic E-state index is 12.3. The maximum Gasteiger partial charge on any atom is 0.326 e. The largest absolute Gasteiger partial charge is 0.454 e. The van der Waals surface area contributed by atoms with Gasteiger partial charge in [0.2, 0.25) is 11.8 Å². The molecular formula is C18H25N3O6. The molecule has 2 saturated carbocycles. The van der Waals surface area contributed by atoms with E-state index in [0.717, 1.165) is 43.4 Å². The van der Waals surface area contributed by atoms with Gasteiger partial charge in [0.1, 0.15) is 6.54 Å². The number of hydrogen-bond acceptors (Lipinski definition) is 6. The third-order valence-corrected chi connectivity index (χ3v) is 5.53. The number of carbonyl (C=O) groups excluding carboxylic acids is 5. The SMILES string of the molecule is O=C(COC(=O)CN1C(=O)C2CCCCC2C1=O)NC(=O)NC1CCCC1. The third-order valence-electron chi connectivity index (χ3n) is 5.53. The highest BCUT2D eigenvalue weighted by atomic mass is 16.5. The molecule has 0 aromatic rings. The normalized spacial score (nSPS) is 25.3. The summed E-state index contributed by atoms with van der Waals surface area (Å²) in [7, 11) is 0. The Kier molecular flexibility index (Phi) is 6.08. The number of likely N-dealkylation sites (tertiary alicyclic amines) is 1. The lowest BCUT2D eigenvalue weighted by Crippen LogP contribution is -2.45. The van der Waals surface area contributed by atoms with Gasteiger partial charge >= 0.3 is 12.0 Å². The van der Waals surface area contributed by atoms with Crippen molar-refractivity contribution in [3.63, 3.8) is 0 Å². The Balaban J connectivity index is 1.40. The van der Waals surface area contributed by atoms with E-state index in [9.17, 15) is 24.0 Å². The van der Waals surface area contributed by atoms with E-state index in [1.807, 2.05) is 0 Å². The number of amides is 5. The van der Waals surface area contributed by atoms with Crippen LogP contribution in [0.3, 0.4) is 0 Å². The zero-order chi connectivity index (χ0) is 19.4. The maximum atomic E-state index is 12.3. The van der Waals surface area contributed by atoms with E-state index in [-0.39, 0.29) is 29.7 Å². The Bertz CT molecular complexity index is 619. The molecule has 148 valence electrons. The number of nitrogens with one attached hydrogen (secondary N) is 2. The van der Waals surface area contributed by atoms with Crippen LogP contribution in [0.1, 0.15) is 51.4 Å². The van der Waals surface area contributed by atoms with E-state index in [4.69, 9.17) is 4.74 Å². The molecule has 3 aliphatic rings. The summed E-state index contributed by atoms with van der Waals surface area (Å²) in [6.45, 7) is -1.13. The van der Waals surface area contributed by atoms with Crippen LogP contribution in [-0.4, -0.2) is 53.8 Å². The minimum atomic E-state index is -0.846. The lowest BCUT2D eigenvalue weighted by Gasteiger charge is -2.19. The van der Waals surface area contributed by atoms with Gasteiger partial charge in [-0.05, 0) is 25.7 Å². The monoisotopic (exact) mass is 379 g/mol. The van der Waals surface area contributed by atoms with Crippen molar-refractivity contribution in [1.29, 1.82) is 0 Å². The minimum absolute atomic E-state index is 0.0658. The van der Waals surface area contributed by atoms with E-state index < -0.39 is 31.1 Å². The summed E-state index contributed by atoms with van der Waals surface area (Å²) < 4.78 is 4.81. The molecule has 2 unspecified atom stereocenters. The fraction of sp³-hybridized carbons (Fsp3) is 0.722. The first-order valence-corrected chi connectivity index (χ1v) is 9.57. The van der Waals surface area contributed by atoms with Crippen LogP contribution in [0.4, 0.5) is 4.79 Å². The molecular weight excluding hydrogens is 354 g/mol. The van der Waals surface area contributed by atoms with Crippen molar-refractivity contribution in [2.75, 3.05) is 13.2 Å². The highest BCUT2D eigenvalue weighted by Gasteiger charge is 2.48. The van der Waals surface area contributed by atoms with Gasteiger partial charge in [-0.1, -0.05) is 25.7 Å². The molecule has 9 nitrogen and oxygen atoms in total. The topological polar surface area (TPSA) is 122 Å². The van der Waals surface area contributed by atoms with Gasteiger partial charge in [0.05, 0.1) is 11.8 Å². The summed E-state index contributed by atoms with van der Waals surface area (Å²) in [5.74, 6) is -2.93. The number of fused-ring (bicyclic) bond motifs is 1. The molecule has 1 saturated heterocycles. The average molecular weight is 379 g/mol. The van der Waals surface area contributed by atoms with Crippen LogP contribution in [0.25, 0.3) is 0 Å². The molecule has 0 radical (unpaired) electrons. The number of urea groups is 1. The summed E-state index contributed by atoms with van der Waals surface area (Å²) in [6, 6.07) is -0.548. The summed E-state index contributed by atoms with van der Waals surface area (Å²) in [5, 5.41) is 4.79. The molecule has 1 aliphatic heterocycles. The van der Waals surface area contributed by atoms with E-state index in [2.05, 4.69) is 10.6 Å². The van der Waals surface area contributed by atoms with Gasteiger partial charge in [-0.15, -0.1) is 0 Å². The molecule has 0 spiro atoms. The predicted molar refractivity (Wildman–Crippen MR) is 92.1 cm³/mol. The van der Waals surface area contributed by atoms with Crippen molar-refractivity contribution in [2.45, 2.75) is 57.4 Å². The van der Waals surface area contributed by atoms with Gasteiger partial charge in [0, 0.05) is 6.04 Å². The molecule has 5 amide bonds. The molecule has 3 rings (SSSR count). The van der Waals surface area contributed by atoms with Crippen LogP contribution in [0.2, 0.25) is 0 Å². The van der Waals surface area contributed by atoms with Crippen LogP contribution in [-0.2, 0) is 23.9 Å². The van der Waals surface area contributed by atoms with Crippen molar-refractivity contribution in [1.82, 2.24) is 15.5 Å². The molecule has 9 heteroatoms. The van der Waals surface area contributed by atoms with Gasteiger partial charge in [0.15, 0.2) is 6.61 Å². The smallest absolute Gasteiger partial charge is 0.326 e. The van der Waals surface area contributed by atoms with Crippen molar-refractivity contribution >= 4 is 29.7 Å². The molecule has 0 aromatic carbocycles. The number of rotatable bonds is 5. The molecule has 0 bridgehead atoms. The number of esters is 1. The number of nitrogens with zero attached hydrogens (tertiary/aromatic N) is 1. The fourth-order valence-electron chi connectivity index (χ4n) is 4.16. The Morgan fingerprint density at radius 2 is 1.48 bits per heavy atom. The molecule has 2 atom stereocenters. The summed E-state index contributed by atoms with van der Waals surface area (Å²) in [6.07, 6.45) is 7.01. The van der Waals surface area contributed by atoms with Crippen LogP contribution in [0.15, 0.2) is 0 Å². The first-order valence-electron chi connectivity index (χ1n) is 9.57. The number of imide groups is 2. The summed E-state index contributed by atoms with van der Waals surface area (Å²) >= 11 is 0. The second-order valence-electron chi connectivity index (χ2n) is 7.42. The van der Waals surface area contributed by atoms with Crippen LogP contribution in [0.5, 0.6) is 0 Å². The average Bonchev–Trinajstić information content (AvgIpc) is 3.23. The molecule has 27 heavy (non-hydrogen) atoms. The molecule has 2 aliphatic carbocycles. The Morgan fingerprint density at radius 1 is 0.926 bits per heavy atom. The second-order valence-corrected chi connectivity index (χ2v) is 7.42. The van der Waals surface area contributed by atoms with Crippen molar-refractivity contribution < 1.29 is 28.7 Å². The second kappa shape index (κ2) is 8.49. The van der Waals surface area contributed by atoms with E-state index in [1.54, 1.807) is 0 Å². The van der Waals surface area contributed by atoms with Gasteiger partial charge in [-0.25, -0.2) is 4.79 Å². The highest BCUT2D eigenvalue weighted by Crippen LogP contribution is 2.37. The van der Waals surface area contributed by atoms with Gasteiger partial charge in [0.25, 0.3) is 5.91 Å². The van der Waals surface area contributed by atoms with Gasteiger partial charge in [-0.3, -0.25) is 29.4 Å². The molecule has 2 N–H and O–H groups in total. The Labute approximate surface area is 157 Å². The van der Waals surface area contributed by atoms with E-state index in [0.29, 0.717) is 12.8 Å². The zero-order valence-electron chi connectivity index (χ0n) is 15.2. The minimum Gasteiger partial charge on any atom is -0.454 e. The molecule has 1 heterocycles. The van der Waals surface area contributed by atoms with Crippen molar-refractivity contribution in [3.8, 4) is 0 Å². The number of hydrogen-bond donors (Lipinski definition) is 2. The van der Waals surface area contributed by atoms with Gasteiger partial charge in [-0.2, -0.15) is 0 Å². The standard InChI is InChI=1S/C18H25N3O6/c22-14(20-18(26)19-11-5-1-2-6-11)10-27-15(23)9-21-16(24)12-7-3-4-8-13(12)17(21)25/h11-13H,1-10H2,(H2,19,20,22,26). The van der Waals surface area contributed by atoms with Crippen LogP contribution < -0.4 is 10.6 Å². The first-order chi connectivity index (χ1) is 13.0. The van der Waals surface area contributed by atoms with Crippen LogP contribution >= 0.6 is 0 Å². The Morgan fingerprint density at radius 3 is 2.07 bits per heavy atom. The van der Waals surface area contributed by atoms with Gasteiger partial charge < -0.3 is 10.1 Å². The first kappa shape index (κ1) is 19.3. The van der Waals surface area contributed by atoms with Crippen molar-refractivity contribution in [3.05, 3.63) is 0 Å². The Hall–Kier alpha value is -2.45. The number of carbonyl (C=O) groups is 5. The summed E-state index contributed by atoms with van der Waals surface area (Å²) in [4.78, 5) is 60.8. The predicted octanol–water partition coefficient (Wildman–Crippen LogP) is 0.473. The summed E-state index contributed by atoms with van der Waals surface area (Å²) in [5.41, 5.74) is 0. The lowest BCUT2D eigenvalue weighted by molar-refractivity contribution is -0.154. The quantitative estimate of drug-likeness (QED) is 0.529. The van der Waals surface area contributed by atoms with E-state index >= 15 is 0 Å².